The Hall–Kier alpha value is -2.73. The van der Waals surface area contributed by atoms with Crippen LogP contribution < -0.4 is 20.3 Å². The maximum atomic E-state index is 12.2. The molecular formula is C16H15ClN2O4. The quantitative estimate of drug-likeness (QED) is 0.842. The molecule has 120 valence electrons. The van der Waals surface area contributed by atoms with Gasteiger partial charge in [0.15, 0.2) is 11.5 Å². The first kappa shape index (κ1) is 16.6. The monoisotopic (exact) mass is 334 g/mol. The molecule has 2 N–H and O–H groups in total. The molecule has 2 rings (SSSR count). The minimum Gasteiger partial charge on any atom is -0.493 e. The predicted octanol–water partition coefficient (Wildman–Crippen LogP) is 2.43. The van der Waals surface area contributed by atoms with E-state index in [9.17, 15) is 9.59 Å². The van der Waals surface area contributed by atoms with Crippen molar-refractivity contribution in [2.45, 2.75) is 0 Å². The average molecular weight is 335 g/mol. The summed E-state index contributed by atoms with van der Waals surface area (Å²) in [6.07, 6.45) is 0. The van der Waals surface area contributed by atoms with Gasteiger partial charge in [0.05, 0.1) is 30.4 Å². The van der Waals surface area contributed by atoms with Crippen LogP contribution in [0, 0.1) is 0 Å². The molecule has 2 aromatic carbocycles. The molecule has 2 amide bonds. The molecule has 0 radical (unpaired) electrons. The van der Waals surface area contributed by atoms with E-state index in [0.717, 1.165) is 0 Å². The Morgan fingerprint density at radius 2 is 1.48 bits per heavy atom. The summed E-state index contributed by atoms with van der Waals surface area (Å²) < 4.78 is 10.3. The van der Waals surface area contributed by atoms with E-state index in [-0.39, 0.29) is 16.9 Å². The standard InChI is InChI=1S/C16H15ClN2O4/c1-22-13-9-5-7-11(14(13)23-2)16(21)19-18-15(20)10-6-3-4-8-12(10)17/h3-9H,1-2H3,(H,18,20)(H,19,21). The van der Waals surface area contributed by atoms with Gasteiger partial charge in [-0.2, -0.15) is 0 Å². The lowest BCUT2D eigenvalue weighted by atomic mass is 10.1. The van der Waals surface area contributed by atoms with Crippen LogP contribution in [0.1, 0.15) is 20.7 Å². The summed E-state index contributed by atoms with van der Waals surface area (Å²) in [5.74, 6) is -0.371. The molecule has 0 aliphatic carbocycles. The van der Waals surface area contributed by atoms with Crippen molar-refractivity contribution in [2.24, 2.45) is 0 Å². The summed E-state index contributed by atoms with van der Waals surface area (Å²) in [6, 6.07) is 11.4. The van der Waals surface area contributed by atoms with Crippen LogP contribution in [0.5, 0.6) is 11.5 Å². The second-order valence-corrected chi connectivity index (χ2v) is 4.84. The van der Waals surface area contributed by atoms with Crippen molar-refractivity contribution in [2.75, 3.05) is 14.2 Å². The SMILES string of the molecule is COc1cccc(C(=O)NNC(=O)c2ccccc2Cl)c1OC. The highest BCUT2D eigenvalue weighted by Crippen LogP contribution is 2.30. The zero-order valence-electron chi connectivity index (χ0n) is 12.6. The van der Waals surface area contributed by atoms with Gasteiger partial charge in [-0.05, 0) is 24.3 Å². The third kappa shape index (κ3) is 3.73. The fourth-order valence-corrected chi connectivity index (χ4v) is 2.18. The third-order valence-corrected chi connectivity index (χ3v) is 3.39. The van der Waals surface area contributed by atoms with E-state index >= 15 is 0 Å². The summed E-state index contributed by atoms with van der Waals surface area (Å²) in [4.78, 5) is 24.2. The number of ether oxygens (including phenoxy) is 2. The minimum absolute atomic E-state index is 0.228. The van der Waals surface area contributed by atoms with Crippen LogP contribution in [0.25, 0.3) is 0 Å². The van der Waals surface area contributed by atoms with E-state index in [0.29, 0.717) is 10.8 Å². The third-order valence-electron chi connectivity index (χ3n) is 3.06. The van der Waals surface area contributed by atoms with Crippen molar-refractivity contribution in [1.29, 1.82) is 0 Å². The fourth-order valence-electron chi connectivity index (χ4n) is 1.96. The molecule has 6 nitrogen and oxygen atoms in total. The van der Waals surface area contributed by atoms with E-state index in [1.165, 1.54) is 14.2 Å². The normalized spacial score (nSPS) is 9.87. The topological polar surface area (TPSA) is 76.7 Å². The van der Waals surface area contributed by atoms with Crippen LogP contribution in [-0.4, -0.2) is 26.0 Å². The maximum Gasteiger partial charge on any atom is 0.273 e. The predicted molar refractivity (Wildman–Crippen MR) is 85.9 cm³/mol. The number of amides is 2. The molecule has 0 aliphatic rings. The van der Waals surface area contributed by atoms with E-state index in [2.05, 4.69) is 10.9 Å². The summed E-state index contributed by atoms with van der Waals surface area (Å²) in [6.45, 7) is 0. The number of methoxy groups -OCH3 is 2. The Bertz CT molecular complexity index is 734. The van der Waals surface area contributed by atoms with Crippen LogP contribution in [-0.2, 0) is 0 Å². The van der Waals surface area contributed by atoms with Gasteiger partial charge in [-0.1, -0.05) is 29.8 Å². The number of carbonyl (C=O) groups excluding carboxylic acids is 2. The van der Waals surface area contributed by atoms with E-state index < -0.39 is 11.8 Å². The molecule has 0 saturated carbocycles. The van der Waals surface area contributed by atoms with Crippen LogP contribution in [0.4, 0.5) is 0 Å². The van der Waals surface area contributed by atoms with Gasteiger partial charge in [-0.15, -0.1) is 0 Å². The number of carbonyl (C=O) groups is 2. The molecule has 0 atom stereocenters. The van der Waals surface area contributed by atoms with Crippen LogP contribution in [0.2, 0.25) is 5.02 Å². The van der Waals surface area contributed by atoms with Gasteiger partial charge in [0.1, 0.15) is 0 Å². The van der Waals surface area contributed by atoms with Gasteiger partial charge in [0.25, 0.3) is 11.8 Å². The Morgan fingerprint density at radius 1 is 0.870 bits per heavy atom. The Labute approximate surface area is 138 Å². The van der Waals surface area contributed by atoms with E-state index in [1.54, 1.807) is 42.5 Å². The number of hydrogen-bond acceptors (Lipinski definition) is 4. The first-order valence-corrected chi connectivity index (χ1v) is 7.02. The molecule has 7 heteroatoms. The highest BCUT2D eigenvalue weighted by atomic mass is 35.5. The maximum absolute atomic E-state index is 12.2. The number of benzene rings is 2. The smallest absolute Gasteiger partial charge is 0.273 e. The van der Waals surface area contributed by atoms with Crippen molar-refractivity contribution in [3.05, 3.63) is 58.6 Å². The molecule has 0 saturated heterocycles. The van der Waals surface area contributed by atoms with Gasteiger partial charge in [-0.25, -0.2) is 0 Å². The molecule has 0 aromatic heterocycles. The molecule has 0 bridgehead atoms. The number of rotatable bonds is 4. The van der Waals surface area contributed by atoms with Crippen molar-refractivity contribution < 1.29 is 19.1 Å². The highest BCUT2D eigenvalue weighted by Gasteiger charge is 2.17. The lowest BCUT2D eigenvalue weighted by Gasteiger charge is -2.13. The van der Waals surface area contributed by atoms with E-state index in [1.807, 2.05) is 0 Å². The number of nitrogens with one attached hydrogen (secondary N) is 2. The lowest BCUT2D eigenvalue weighted by molar-refractivity contribution is 0.0844. The second kappa shape index (κ2) is 7.51. The average Bonchev–Trinajstić information content (AvgIpc) is 2.58. The van der Waals surface area contributed by atoms with Crippen molar-refractivity contribution in [3.8, 4) is 11.5 Å². The Balaban J connectivity index is 2.12. The van der Waals surface area contributed by atoms with Crippen LogP contribution in [0.15, 0.2) is 42.5 Å². The number of halogens is 1. The molecule has 0 fully saturated rings. The molecule has 0 spiro atoms. The van der Waals surface area contributed by atoms with Gasteiger partial charge in [0.2, 0.25) is 0 Å². The molecule has 0 aliphatic heterocycles. The van der Waals surface area contributed by atoms with E-state index in [4.69, 9.17) is 21.1 Å². The molecule has 0 heterocycles. The van der Waals surface area contributed by atoms with Gasteiger partial charge >= 0.3 is 0 Å². The van der Waals surface area contributed by atoms with Gasteiger partial charge in [-0.3, -0.25) is 20.4 Å². The summed E-state index contributed by atoms with van der Waals surface area (Å²) >= 11 is 5.93. The summed E-state index contributed by atoms with van der Waals surface area (Å²) in [5.41, 5.74) is 5.11. The van der Waals surface area contributed by atoms with Crippen molar-refractivity contribution >= 4 is 23.4 Å². The molecule has 0 unspecified atom stereocenters. The second-order valence-electron chi connectivity index (χ2n) is 4.43. The molecule has 2 aromatic rings. The first-order chi connectivity index (χ1) is 11.1. The van der Waals surface area contributed by atoms with Gasteiger partial charge < -0.3 is 9.47 Å². The van der Waals surface area contributed by atoms with Crippen LogP contribution >= 0.6 is 11.6 Å². The van der Waals surface area contributed by atoms with Crippen molar-refractivity contribution in [3.63, 3.8) is 0 Å². The fraction of sp³-hybridized carbons (Fsp3) is 0.125. The summed E-state index contributed by atoms with van der Waals surface area (Å²) in [5, 5.41) is 0.290. The van der Waals surface area contributed by atoms with Crippen LogP contribution in [0.3, 0.4) is 0 Å². The zero-order chi connectivity index (χ0) is 16.8. The Morgan fingerprint density at radius 3 is 2.09 bits per heavy atom. The highest BCUT2D eigenvalue weighted by molar-refractivity contribution is 6.33. The summed E-state index contributed by atoms with van der Waals surface area (Å²) in [7, 11) is 2.90. The lowest BCUT2D eigenvalue weighted by Crippen LogP contribution is -2.41. The number of hydrazine groups is 1. The number of para-hydroxylation sites is 1. The largest absolute Gasteiger partial charge is 0.493 e. The molecule has 23 heavy (non-hydrogen) atoms. The van der Waals surface area contributed by atoms with Crippen molar-refractivity contribution in [1.82, 2.24) is 10.9 Å². The zero-order valence-corrected chi connectivity index (χ0v) is 13.3. The minimum atomic E-state index is -0.541. The first-order valence-electron chi connectivity index (χ1n) is 6.64. The molecular weight excluding hydrogens is 320 g/mol. The number of hydrogen-bond donors (Lipinski definition) is 2. The van der Waals surface area contributed by atoms with Gasteiger partial charge in [0, 0.05) is 0 Å². The Kier molecular flexibility index (Phi) is 5.43.